The summed E-state index contributed by atoms with van der Waals surface area (Å²) in [6.07, 6.45) is 3.00. The van der Waals surface area contributed by atoms with Gasteiger partial charge in [0.1, 0.15) is 0 Å². The molecule has 0 aromatic carbocycles. The van der Waals surface area contributed by atoms with E-state index in [0.717, 1.165) is 25.8 Å². The average Bonchev–Trinajstić information content (AvgIpc) is 1.97. The minimum absolute atomic E-state index is 0.267. The van der Waals surface area contributed by atoms with Gasteiger partial charge in [-0.1, -0.05) is 0 Å². The van der Waals surface area contributed by atoms with E-state index in [0.29, 0.717) is 0 Å². The molecule has 0 rings (SSSR count). The van der Waals surface area contributed by atoms with Gasteiger partial charge < -0.3 is 10.6 Å². The fourth-order valence-corrected chi connectivity index (χ4v) is 0.857. The van der Waals surface area contributed by atoms with E-state index in [4.69, 9.17) is 11.0 Å². The van der Waals surface area contributed by atoms with Crippen molar-refractivity contribution in [3.8, 4) is 6.07 Å². The highest BCUT2D eigenvalue weighted by molar-refractivity contribution is 4.85. The Balaban J connectivity index is 3.10. The lowest BCUT2D eigenvalue weighted by Gasteiger charge is -2.08. The lowest BCUT2D eigenvalue weighted by molar-refractivity contribution is 0.390. The first kappa shape index (κ1) is 10.4. The normalized spacial score (nSPS) is 13.0. The molecule has 1 atom stereocenters. The molecule has 2 N–H and O–H groups in total. The molecule has 0 saturated heterocycles. The van der Waals surface area contributed by atoms with Crippen LogP contribution in [0.25, 0.3) is 0 Å². The predicted molar refractivity (Wildman–Crippen MR) is 46.0 cm³/mol. The van der Waals surface area contributed by atoms with E-state index in [1.165, 1.54) is 0 Å². The molecule has 0 spiro atoms. The van der Waals surface area contributed by atoms with Crippen LogP contribution >= 0.6 is 0 Å². The van der Waals surface area contributed by atoms with E-state index in [1.807, 2.05) is 20.2 Å². The van der Waals surface area contributed by atoms with Crippen molar-refractivity contribution in [1.29, 1.82) is 5.26 Å². The van der Waals surface area contributed by atoms with Crippen molar-refractivity contribution in [3.63, 3.8) is 0 Å². The fourth-order valence-electron chi connectivity index (χ4n) is 0.857. The van der Waals surface area contributed by atoms with Crippen LogP contribution in [-0.4, -0.2) is 31.6 Å². The molecule has 1 unspecified atom stereocenters. The van der Waals surface area contributed by atoms with E-state index in [-0.39, 0.29) is 6.04 Å². The Hall–Kier alpha value is -0.590. The van der Waals surface area contributed by atoms with Gasteiger partial charge in [0.25, 0.3) is 0 Å². The molecule has 0 aromatic rings. The van der Waals surface area contributed by atoms with E-state index in [9.17, 15) is 0 Å². The molecule has 0 aromatic heterocycles. The van der Waals surface area contributed by atoms with Crippen molar-refractivity contribution in [2.45, 2.75) is 25.3 Å². The second-order valence-electron chi connectivity index (χ2n) is 3.03. The quantitative estimate of drug-likeness (QED) is 0.590. The van der Waals surface area contributed by atoms with Crippen molar-refractivity contribution in [3.05, 3.63) is 0 Å². The number of hydrogen-bond acceptors (Lipinski definition) is 3. The van der Waals surface area contributed by atoms with Gasteiger partial charge in [-0.3, -0.25) is 0 Å². The van der Waals surface area contributed by atoms with Gasteiger partial charge in [0.15, 0.2) is 0 Å². The maximum absolute atomic E-state index is 8.36. The largest absolute Gasteiger partial charge is 0.316 e. The summed E-state index contributed by atoms with van der Waals surface area (Å²) in [7, 11) is 4.09. The van der Waals surface area contributed by atoms with E-state index < -0.39 is 0 Å². The van der Waals surface area contributed by atoms with E-state index >= 15 is 0 Å². The smallest absolute Gasteiger partial charge is 0.0928 e. The number of rotatable bonds is 5. The Labute approximate surface area is 68.8 Å². The molecule has 3 nitrogen and oxygen atoms in total. The third-order valence-electron chi connectivity index (χ3n) is 1.54. The van der Waals surface area contributed by atoms with E-state index in [2.05, 4.69) is 4.90 Å². The standard InChI is InChI=1S/C8H17N3/c1-11(2)6-4-3-5-8(10)7-9/h8H,3-6,10H2,1-2H3. The van der Waals surface area contributed by atoms with Gasteiger partial charge >= 0.3 is 0 Å². The third-order valence-corrected chi connectivity index (χ3v) is 1.54. The van der Waals surface area contributed by atoms with E-state index in [1.54, 1.807) is 0 Å². The molecule has 3 heteroatoms. The van der Waals surface area contributed by atoms with Crippen LogP contribution in [0.15, 0.2) is 0 Å². The maximum atomic E-state index is 8.36. The average molecular weight is 155 g/mol. The second kappa shape index (κ2) is 6.14. The minimum Gasteiger partial charge on any atom is -0.316 e. The number of nitrogens with two attached hydrogens (primary N) is 1. The summed E-state index contributed by atoms with van der Waals surface area (Å²) in [6, 6.07) is 1.75. The van der Waals surface area contributed by atoms with Crippen LogP contribution in [0.2, 0.25) is 0 Å². The Morgan fingerprint density at radius 2 is 2.09 bits per heavy atom. The first-order valence-corrected chi connectivity index (χ1v) is 3.96. The van der Waals surface area contributed by atoms with Gasteiger partial charge in [-0.05, 0) is 39.9 Å². The van der Waals surface area contributed by atoms with Gasteiger partial charge in [-0.2, -0.15) is 5.26 Å². The highest BCUT2D eigenvalue weighted by Gasteiger charge is 1.98. The molecule has 0 aliphatic heterocycles. The Bertz CT molecular complexity index is 126. The fraction of sp³-hybridized carbons (Fsp3) is 0.875. The van der Waals surface area contributed by atoms with Gasteiger partial charge in [-0.15, -0.1) is 0 Å². The molecule has 0 saturated carbocycles. The van der Waals surface area contributed by atoms with Crippen molar-refractivity contribution in [1.82, 2.24) is 4.90 Å². The minimum atomic E-state index is -0.267. The zero-order valence-electron chi connectivity index (χ0n) is 7.38. The summed E-state index contributed by atoms with van der Waals surface area (Å²) in [5.41, 5.74) is 5.42. The predicted octanol–water partition coefficient (Wildman–Crippen LogP) is 0.569. The third kappa shape index (κ3) is 7.31. The molecule has 0 fully saturated rings. The van der Waals surface area contributed by atoms with Crippen LogP contribution in [0.5, 0.6) is 0 Å². The maximum Gasteiger partial charge on any atom is 0.0928 e. The molecule has 64 valence electrons. The molecule has 11 heavy (non-hydrogen) atoms. The summed E-state index contributed by atoms with van der Waals surface area (Å²) < 4.78 is 0. The molecule has 0 heterocycles. The van der Waals surface area contributed by atoms with Crippen LogP contribution in [0, 0.1) is 11.3 Å². The second-order valence-corrected chi connectivity index (χ2v) is 3.03. The summed E-state index contributed by atoms with van der Waals surface area (Å²) in [5, 5.41) is 8.36. The SMILES string of the molecule is CN(C)CCCCC(N)C#N. The van der Waals surface area contributed by atoms with Crippen LogP contribution < -0.4 is 5.73 Å². The molecule has 0 bridgehead atoms. The summed E-state index contributed by atoms with van der Waals surface area (Å²) in [6.45, 7) is 1.08. The lowest BCUT2D eigenvalue weighted by Crippen LogP contribution is -2.18. The Morgan fingerprint density at radius 1 is 1.45 bits per heavy atom. The zero-order valence-corrected chi connectivity index (χ0v) is 7.38. The first-order chi connectivity index (χ1) is 5.16. The van der Waals surface area contributed by atoms with Crippen molar-refractivity contribution in [2.24, 2.45) is 5.73 Å². The van der Waals surface area contributed by atoms with Crippen LogP contribution in [0.4, 0.5) is 0 Å². The number of unbranched alkanes of at least 4 members (excludes halogenated alkanes) is 1. The first-order valence-electron chi connectivity index (χ1n) is 3.96. The number of hydrogen-bond donors (Lipinski definition) is 1. The zero-order chi connectivity index (χ0) is 8.69. The molecular weight excluding hydrogens is 138 g/mol. The number of nitrogens with zero attached hydrogens (tertiary/aromatic N) is 2. The van der Waals surface area contributed by atoms with Crippen molar-refractivity contribution < 1.29 is 0 Å². The van der Waals surface area contributed by atoms with Crippen LogP contribution in [0.3, 0.4) is 0 Å². The highest BCUT2D eigenvalue weighted by Crippen LogP contribution is 1.98. The molecule has 0 radical (unpaired) electrons. The topological polar surface area (TPSA) is 53.0 Å². The lowest BCUT2D eigenvalue weighted by atomic mass is 10.1. The van der Waals surface area contributed by atoms with Crippen molar-refractivity contribution in [2.75, 3.05) is 20.6 Å². The number of nitriles is 1. The summed E-state index contributed by atoms with van der Waals surface area (Å²) in [4.78, 5) is 2.14. The molecule has 0 aliphatic rings. The Morgan fingerprint density at radius 3 is 2.55 bits per heavy atom. The molecule has 0 amide bonds. The van der Waals surface area contributed by atoms with Crippen LogP contribution in [-0.2, 0) is 0 Å². The molecular formula is C8H17N3. The Kier molecular flexibility index (Phi) is 5.81. The van der Waals surface area contributed by atoms with Crippen LogP contribution in [0.1, 0.15) is 19.3 Å². The van der Waals surface area contributed by atoms with Gasteiger partial charge in [-0.25, -0.2) is 0 Å². The molecule has 0 aliphatic carbocycles. The monoisotopic (exact) mass is 155 g/mol. The van der Waals surface area contributed by atoms with Gasteiger partial charge in [0, 0.05) is 0 Å². The summed E-state index contributed by atoms with van der Waals surface area (Å²) in [5.74, 6) is 0. The highest BCUT2D eigenvalue weighted by atomic mass is 15.0. The van der Waals surface area contributed by atoms with Gasteiger partial charge in [0.2, 0.25) is 0 Å². The van der Waals surface area contributed by atoms with Crippen molar-refractivity contribution >= 4 is 0 Å². The van der Waals surface area contributed by atoms with Gasteiger partial charge in [0.05, 0.1) is 12.1 Å². The summed E-state index contributed by atoms with van der Waals surface area (Å²) >= 11 is 0.